The van der Waals surface area contributed by atoms with Gasteiger partial charge in [-0.05, 0) is 24.7 Å². The minimum Gasteiger partial charge on any atom is -0.384 e. The molecule has 0 amide bonds. The number of hydrogen-bond acceptors (Lipinski definition) is 1. The van der Waals surface area contributed by atoms with E-state index in [1.807, 2.05) is 7.11 Å². The molecular formula is C12H26O. The van der Waals surface area contributed by atoms with E-state index in [0.717, 1.165) is 18.4 Å². The molecule has 0 aromatic heterocycles. The van der Waals surface area contributed by atoms with E-state index in [1.54, 1.807) is 0 Å². The number of ether oxygens (including phenoxy) is 1. The third-order valence-corrected chi connectivity index (χ3v) is 2.49. The van der Waals surface area contributed by atoms with E-state index in [-0.39, 0.29) is 0 Å². The SMILES string of the molecule is CCC[C@@H](CCCC(C)C)COC. The van der Waals surface area contributed by atoms with Crippen molar-refractivity contribution in [2.45, 2.75) is 52.9 Å². The average molecular weight is 186 g/mol. The van der Waals surface area contributed by atoms with E-state index in [0.29, 0.717) is 0 Å². The van der Waals surface area contributed by atoms with Crippen LogP contribution in [-0.4, -0.2) is 13.7 Å². The lowest BCUT2D eigenvalue weighted by Crippen LogP contribution is -2.08. The van der Waals surface area contributed by atoms with Gasteiger partial charge in [0, 0.05) is 13.7 Å². The smallest absolute Gasteiger partial charge is 0.0490 e. The summed E-state index contributed by atoms with van der Waals surface area (Å²) in [6.07, 6.45) is 6.69. The average Bonchev–Trinajstić information content (AvgIpc) is 2.04. The zero-order valence-electron chi connectivity index (χ0n) is 9.81. The predicted molar refractivity (Wildman–Crippen MR) is 59.0 cm³/mol. The molecule has 0 aromatic rings. The van der Waals surface area contributed by atoms with Crippen molar-refractivity contribution in [2.75, 3.05) is 13.7 Å². The Kier molecular flexibility index (Phi) is 8.53. The Morgan fingerprint density at radius 1 is 1.08 bits per heavy atom. The van der Waals surface area contributed by atoms with Crippen molar-refractivity contribution in [3.8, 4) is 0 Å². The third kappa shape index (κ3) is 8.29. The molecule has 0 aromatic carbocycles. The molecular weight excluding hydrogens is 160 g/mol. The molecule has 0 aliphatic carbocycles. The summed E-state index contributed by atoms with van der Waals surface area (Å²) >= 11 is 0. The summed E-state index contributed by atoms with van der Waals surface area (Å²) in [4.78, 5) is 0. The Morgan fingerprint density at radius 3 is 2.23 bits per heavy atom. The van der Waals surface area contributed by atoms with Crippen molar-refractivity contribution in [1.29, 1.82) is 0 Å². The Balaban J connectivity index is 3.44. The lowest BCUT2D eigenvalue weighted by molar-refractivity contribution is 0.140. The molecule has 0 bridgehead atoms. The van der Waals surface area contributed by atoms with Gasteiger partial charge in [0.15, 0.2) is 0 Å². The predicted octanol–water partition coefficient (Wildman–Crippen LogP) is 3.88. The van der Waals surface area contributed by atoms with Gasteiger partial charge >= 0.3 is 0 Å². The van der Waals surface area contributed by atoms with Crippen LogP contribution in [0.2, 0.25) is 0 Å². The first-order chi connectivity index (χ1) is 6.20. The van der Waals surface area contributed by atoms with E-state index in [9.17, 15) is 0 Å². The van der Waals surface area contributed by atoms with E-state index >= 15 is 0 Å². The fourth-order valence-corrected chi connectivity index (χ4v) is 1.77. The van der Waals surface area contributed by atoms with Crippen LogP contribution in [0.3, 0.4) is 0 Å². The molecule has 0 aliphatic rings. The molecule has 1 nitrogen and oxygen atoms in total. The second-order valence-electron chi connectivity index (χ2n) is 4.43. The highest BCUT2D eigenvalue weighted by molar-refractivity contribution is 4.58. The third-order valence-electron chi connectivity index (χ3n) is 2.49. The number of hydrogen-bond donors (Lipinski definition) is 0. The van der Waals surface area contributed by atoms with Crippen LogP contribution < -0.4 is 0 Å². The zero-order chi connectivity index (χ0) is 10.1. The lowest BCUT2D eigenvalue weighted by Gasteiger charge is -2.15. The molecule has 0 rings (SSSR count). The number of methoxy groups -OCH3 is 1. The molecule has 0 saturated carbocycles. The molecule has 0 aliphatic heterocycles. The van der Waals surface area contributed by atoms with Crippen LogP contribution in [0.5, 0.6) is 0 Å². The first kappa shape index (κ1) is 13.0. The zero-order valence-corrected chi connectivity index (χ0v) is 9.81. The summed E-state index contributed by atoms with van der Waals surface area (Å²) in [6, 6.07) is 0. The van der Waals surface area contributed by atoms with Crippen molar-refractivity contribution < 1.29 is 4.74 Å². The molecule has 0 saturated heterocycles. The van der Waals surface area contributed by atoms with Gasteiger partial charge in [0.05, 0.1) is 0 Å². The normalized spacial score (nSPS) is 13.6. The molecule has 0 radical (unpaired) electrons. The summed E-state index contributed by atoms with van der Waals surface area (Å²) in [6.45, 7) is 7.80. The Labute approximate surface area is 83.9 Å². The van der Waals surface area contributed by atoms with E-state index < -0.39 is 0 Å². The van der Waals surface area contributed by atoms with Gasteiger partial charge in [-0.1, -0.05) is 40.0 Å². The standard InChI is InChI=1S/C12H26O/c1-5-7-12(10-13-4)9-6-8-11(2)3/h11-12H,5-10H2,1-4H3/t12-/m0/s1. The van der Waals surface area contributed by atoms with Gasteiger partial charge in [0.2, 0.25) is 0 Å². The first-order valence-electron chi connectivity index (χ1n) is 5.69. The first-order valence-corrected chi connectivity index (χ1v) is 5.69. The summed E-state index contributed by atoms with van der Waals surface area (Å²) in [5, 5.41) is 0. The summed E-state index contributed by atoms with van der Waals surface area (Å²) in [5.41, 5.74) is 0. The largest absolute Gasteiger partial charge is 0.384 e. The van der Waals surface area contributed by atoms with E-state index in [1.165, 1.54) is 32.1 Å². The molecule has 0 spiro atoms. The van der Waals surface area contributed by atoms with Crippen LogP contribution in [-0.2, 0) is 4.74 Å². The molecule has 0 N–H and O–H groups in total. The van der Waals surface area contributed by atoms with Gasteiger partial charge in [0.1, 0.15) is 0 Å². The maximum atomic E-state index is 5.21. The highest BCUT2D eigenvalue weighted by Gasteiger charge is 2.07. The highest BCUT2D eigenvalue weighted by Crippen LogP contribution is 2.17. The topological polar surface area (TPSA) is 9.23 Å². The van der Waals surface area contributed by atoms with Crippen LogP contribution in [0.4, 0.5) is 0 Å². The molecule has 1 atom stereocenters. The van der Waals surface area contributed by atoms with Crippen molar-refractivity contribution in [3.63, 3.8) is 0 Å². The minimum absolute atomic E-state index is 0.800. The molecule has 1 heteroatoms. The summed E-state index contributed by atoms with van der Waals surface area (Å²) in [5.74, 6) is 1.65. The van der Waals surface area contributed by atoms with Crippen LogP contribution >= 0.6 is 0 Å². The fourth-order valence-electron chi connectivity index (χ4n) is 1.77. The maximum Gasteiger partial charge on any atom is 0.0490 e. The quantitative estimate of drug-likeness (QED) is 0.559. The minimum atomic E-state index is 0.800. The molecule has 0 fully saturated rings. The Hall–Kier alpha value is -0.0400. The van der Waals surface area contributed by atoms with Gasteiger partial charge in [-0.25, -0.2) is 0 Å². The van der Waals surface area contributed by atoms with Crippen LogP contribution in [0.15, 0.2) is 0 Å². The van der Waals surface area contributed by atoms with Gasteiger partial charge < -0.3 is 4.74 Å². The fraction of sp³-hybridized carbons (Fsp3) is 1.00. The van der Waals surface area contributed by atoms with E-state index in [4.69, 9.17) is 4.74 Å². The van der Waals surface area contributed by atoms with Crippen molar-refractivity contribution in [2.24, 2.45) is 11.8 Å². The van der Waals surface area contributed by atoms with E-state index in [2.05, 4.69) is 20.8 Å². The highest BCUT2D eigenvalue weighted by atomic mass is 16.5. The molecule has 13 heavy (non-hydrogen) atoms. The van der Waals surface area contributed by atoms with Crippen LogP contribution in [0, 0.1) is 11.8 Å². The Bertz CT molecular complexity index is 93.3. The van der Waals surface area contributed by atoms with Crippen molar-refractivity contribution in [3.05, 3.63) is 0 Å². The summed E-state index contributed by atoms with van der Waals surface area (Å²) < 4.78 is 5.21. The van der Waals surface area contributed by atoms with Crippen LogP contribution in [0.1, 0.15) is 52.9 Å². The Morgan fingerprint density at radius 2 is 1.77 bits per heavy atom. The van der Waals surface area contributed by atoms with Crippen molar-refractivity contribution in [1.82, 2.24) is 0 Å². The second-order valence-corrected chi connectivity index (χ2v) is 4.43. The van der Waals surface area contributed by atoms with Gasteiger partial charge in [-0.2, -0.15) is 0 Å². The van der Waals surface area contributed by atoms with Crippen molar-refractivity contribution >= 4 is 0 Å². The second kappa shape index (κ2) is 8.55. The molecule has 0 unspecified atom stereocenters. The maximum absolute atomic E-state index is 5.21. The monoisotopic (exact) mass is 186 g/mol. The van der Waals surface area contributed by atoms with Gasteiger partial charge in [-0.15, -0.1) is 0 Å². The number of rotatable bonds is 8. The summed E-state index contributed by atoms with van der Waals surface area (Å²) in [7, 11) is 1.81. The lowest BCUT2D eigenvalue weighted by atomic mass is 9.95. The molecule has 80 valence electrons. The van der Waals surface area contributed by atoms with Gasteiger partial charge in [0.25, 0.3) is 0 Å². The van der Waals surface area contributed by atoms with Crippen LogP contribution in [0.25, 0.3) is 0 Å². The van der Waals surface area contributed by atoms with Gasteiger partial charge in [-0.3, -0.25) is 0 Å². The molecule has 0 heterocycles.